The molecule has 0 unspecified atom stereocenters. The molecule has 0 aliphatic carbocycles. The molecule has 0 heterocycles. The first-order valence-electron chi connectivity index (χ1n) is 5.95. The van der Waals surface area contributed by atoms with Crippen molar-refractivity contribution in [3.63, 3.8) is 0 Å². The van der Waals surface area contributed by atoms with Crippen LogP contribution in [0.1, 0.15) is 11.1 Å². The molecule has 0 atom stereocenters. The number of hydrogen-bond donors (Lipinski definition) is 1. The third kappa shape index (κ3) is 3.55. The molecule has 0 bridgehead atoms. The summed E-state index contributed by atoms with van der Waals surface area (Å²) >= 11 is 0.557. The van der Waals surface area contributed by atoms with Crippen LogP contribution in [0.5, 0.6) is 0 Å². The zero-order valence-corrected chi connectivity index (χ0v) is 11.4. The number of hydrogen-bond acceptors (Lipinski definition) is 2. The van der Waals surface area contributed by atoms with Gasteiger partial charge in [0.05, 0.1) is 0 Å². The normalized spacial score (nSPS) is 11.0. The molecule has 2 N–H and O–H groups in total. The lowest BCUT2D eigenvalue weighted by molar-refractivity contribution is 0.252. The van der Waals surface area contributed by atoms with E-state index in [0.717, 1.165) is 22.3 Å². The summed E-state index contributed by atoms with van der Waals surface area (Å²) in [6, 6.07) is 13.2. The van der Waals surface area contributed by atoms with Crippen LogP contribution in [-0.2, 0) is 6.54 Å². The lowest BCUT2D eigenvalue weighted by atomic mass is 9.98. The van der Waals surface area contributed by atoms with Crippen molar-refractivity contribution in [2.24, 2.45) is 5.73 Å². The maximum atomic E-state index is 12.3. The summed E-state index contributed by atoms with van der Waals surface area (Å²) in [5, 5.41) is 0. The summed E-state index contributed by atoms with van der Waals surface area (Å²) in [6.45, 7) is 2.48. The van der Waals surface area contributed by atoms with E-state index in [1.54, 1.807) is 12.1 Å². The first-order chi connectivity index (χ1) is 9.10. The minimum Gasteiger partial charge on any atom is -0.326 e. The number of alkyl halides is 2. The summed E-state index contributed by atoms with van der Waals surface area (Å²) in [5.41, 5.74) is 10.0. The van der Waals surface area contributed by atoms with Crippen molar-refractivity contribution in [3.05, 3.63) is 53.6 Å². The molecule has 0 saturated heterocycles. The van der Waals surface area contributed by atoms with E-state index in [1.165, 1.54) is 0 Å². The Balaban J connectivity index is 2.34. The predicted molar refractivity (Wildman–Crippen MR) is 76.4 cm³/mol. The van der Waals surface area contributed by atoms with Gasteiger partial charge in [-0.3, -0.25) is 0 Å². The van der Waals surface area contributed by atoms with E-state index in [1.807, 2.05) is 31.2 Å². The average molecular weight is 279 g/mol. The maximum absolute atomic E-state index is 12.3. The van der Waals surface area contributed by atoms with Gasteiger partial charge in [-0.15, -0.1) is 0 Å². The van der Waals surface area contributed by atoms with Crippen molar-refractivity contribution in [1.29, 1.82) is 0 Å². The number of benzene rings is 2. The van der Waals surface area contributed by atoms with E-state index in [4.69, 9.17) is 5.73 Å². The maximum Gasteiger partial charge on any atom is 0.288 e. The fraction of sp³-hybridized carbons (Fsp3) is 0.200. The fourth-order valence-corrected chi connectivity index (χ4v) is 2.45. The van der Waals surface area contributed by atoms with E-state index in [9.17, 15) is 8.78 Å². The fourth-order valence-electron chi connectivity index (χ4n) is 1.95. The molecular formula is C15H15F2NS. The molecule has 0 aliphatic heterocycles. The van der Waals surface area contributed by atoms with Gasteiger partial charge < -0.3 is 5.73 Å². The van der Waals surface area contributed by atoms with E-state index in [2.05, 4.69) is 6.07 Å². The summed E-state index contributed by atoms with van der Waals surface area (Å²) in [6.07, 6.45) is 0. The quantitative estimate of drug-likeness (QED) is 0.838. The van der Waals surface area contributed by atoms with Gasteiger partial charge in [-0.2, -0.15) is 8.78 Å². The number of thioether (sulfide) groups is 1. The van der Waals surface area contributed by atoms with Gasteiger partial charge in [0.15, 0.2) is 0 Å². The Bertz CT molecular complexity index is 553. The predicted octanol–water partition coefficient (Wildman–Crippen LogP) is 4.44. The highest BCUT2D eigenvalue weighted by molar-refractivity contribution is 7.99. The molecule has 100 valence electrons. The Morgan fingerprint density at radius 1 is 1.11 bits per heavy atom. The van der Waals surface area contributed by atoms with Crippen molar-refractivity contribution >= 4 is 11.8 Å². The van der Waals surface area contributed by atoms with E-state index >= 15 is 0 Å². The molecule has 2 aromatic carbocycles. The SMILES string of the molecule is Cc1ccc(CN)c(-c2ccc(SC(F)F)cc2)c1. The molecule has 0 aliphatic rings. The summed E-state index contributed by atoms with van der Waals surface area (Å²) in [4.78, 5) is 0.570. The second kappa shape index (κ2) is 6.17. The highest BCUT2D eigenvalue weighted by atomic mass is 32.2. The summed E-state index contributed by atoms with van der Waals surface area (Å²) in [7, 11) is 0. The summed E-state index contributed by atoms with van der Waals surface area (Å²) < 4.78 is 24.5. The second-order valence-corrected chi connectivity index (χ2v) is 5.33. The number of rotatable bonds is 4. The molecule has 0 amide bonds. The van der Waals surface area contributed by atoms with Gasteiger partial charge in [-0.1, -0.05) is 47.7 Å². The molecule has 2 rings (SSSR count). The van der Waals surface area contributed by atoms with Crippen LogP contribution in [0.3, 0.4) is 0 Å². The standard InChI is InChI=1S/C15H15F2NS/c1-10-2-3-12(9-18)14(8-10)11-4-6-13(7-5-11)19-15(16)17/h2-8,15H,9,18H2,1H3. The van der Waals surface area contributed by atoms with Crippen molar-refractivity contribution in [2.45, 2.75) is 24.1 Å². The van der Waals surface area contributed by atoms with Crippen LogP contribution in [0.25, 0.3) is 11.1 Å². The third-order valence-corrected chi connectivity index (χ3v) is 3.60. The molecule has 1 nitrogen and oxygen atoms in total. The molecule has 4 heteroatoms. The minimum atomic E-state index is -2.38. The topological polar surface area (TPSA) is 26.0 Å². The molecule has 2 aromatic rings. The monoisotopic (exact) mass is 279 g/mol. The molecular weight excluding hydrogens is 264 g/mol. The number of nitrogens with two attached hydrogens (primary N) is 1. The van der Waals surface area contributed by atoms with Crippen LogP contribution >= 0.6 is 11.8 Å². The van der Waals surface area contributed by atoms with Crippen molar-refractivity contribution in [1.82, 2.24) is 0 Å². The zero-order chi connectivity index (χ0) is 13.8. The average Bonchev–Trinajstić information content (AvgIpc) is 2.39. The van der Waals surface area contributed by atoms with E-state index in [0.29, 0.717) is 23.2 Å². The van der Waals surface area contributed by atoms with Crippen LogP contribution in [0.4, 0.5) is 8.78 Å². The van der Waals surface area contributed by atoms with Gasteiger partial charge in [0.25, 0.3) is 5.76 Å². The Morgan fingerprint density at radius 3 is 2.37 bits per heavy atom. The smallest absolute Gasteiger partial charge is 0.288 e. The van der Waals surface area contributed by atoms with Crippen molar-refractivity contribution in [2.75, 3.05) is 0 Å². The first-order valence-corrected chi connectivity index (χ1v) is 6.83. The van der Waals surface area contributed by atoms with Crippen LogP contribution in [0.2, 0.25) is 0 Å². The highest BCUT2D eigenvalue weighted by Crippen LogP contribution is 2.29. The second-order valence-electron chi connectivity index (χ2n) is 4.27. The highest BCUT2D eigenvalue weighted by Gasteiger charge is 2.07. The van der Waals surface area contributed by atoms with Gasteiger partial charge in [0.2, 0.25) is 0 Å². The Hall–Kier alpha value is -1.39. The lowest BCUT2D eigenvalue weighted by Gasteiger charge is -2.10. The summed E-state index contributed by atoms with van der Waals surface area (Å²) in [5.74, 6) is -2.38. The Morgan fingerprint density at radius 2 is 1.79 bits per heavy atom. The van der Waals surface area contributed by atoms with Crippen LogP contribution in [0.15, 0.2) is 47.4 Å². The first kappa shape index (κ1) is 14.0. The van der Waals surface area contributed by atoms with Crippen molar-refractivity contribution in [3.8, 4) is 11.1 Å². The Kier molecular flexibility index (Phi) is 4.56. The molecule has 0 spiro atoms. The third-order valence-electron chi connectivity index (χ3n) is 2.88. The number of aryl methyl sites for hydroxylation is 1. The Labute approximate surface area is 115 Å². The largest absolute Gasteiger partial charge is 0.326 e. The van der Waals surface area contributed by atoms with Crippen LogP contribution in [-0.4, -0.2) is 5.76 Å². The minimum absolute atomic E-state index is 0.461. The van der Waals surface area contributed by atoms with Crippen molar-refractivity contribution < 1.29 is 8.78 Å². The molecule has 19 heavy (non-hydrogen) atoms. The van der Waals surface area contributed by atoms with Gasteiger partial charge in [0.1, 0.15) is 0 Å². The van der Waals surface area contributed by atoms with Gasteiger partial charge >= 0.3 is 0 Å². The van der Waals surface area contributed by atoms with Crippen LogP contribution < -0.4 is 5.73 Å². The van der Waals surface area contributed by atoms with Gasteiger partial charge in [0, 0.05) is 11.4 Å². The van der Waals surface area contributed by atoms with Crippen LogP contribution in [0, 0.1) is 6.92 Å². The zero-order valence-electron chi connectivity index (χ0n) is 10.6. The van der Waals surface area contributed by atoms with Gasteiger partial charge in [-0.05, 0) is 35.7 Å². The van der Waals surface area contributed by atoms with E-state index in [-0.39, 0.29) is 0 Å². The number of halogens is 2. The molecule has 0 radical (unpaired) electrons. The molecule has 0 saturated carbocycles. The van der Waals surface area contributed by atoms with Gasteiger partial charge in [-0.25, -0.2) is 0 Å². The van der Waals surface area contributed by atoms with E-state index < -0.39 is 5.76 Å². The molecule has 0 fully saturated rings. The lowest BCUT2D eigenvalue weighted by Crippen LogP contribution is -1.99. The molecule has 0 aromatic heterocycles.